The number of allylic oxidation sites excluding steroid dienone is 1. The monoisotopic (exact) mass is 413 g/mol. The number of nitriles is 1. The largest absolute Gasteiger partial charge is 0.378 e. The zero-order valence-corrected chi connectivity index (χ0v) is 16.9. The predicted octanol–water partition coefficient (Wildman–Crippen LogP) is 1.96. The molecule has 0 atom stereocenters. The number of aromatic amines is 1. The van der Waals surface area contributed by atoms with Crippen molar-refractivity contribution in [3.8, 4) is 6.07 Å². The Morgan fingerprint density at radius 1 is 1.24 bits per heavy atom. The second kappa shape index (κ2) is 8.35. The third-order valence-corrected chi connectivity index (χ3v) is 6.69. The quantitative estimate of drug-likeness (QED) is 0.770. The van der Waals surface area contributed by atoms with Gasteiger partial charge in [-0.25, -0.2) is 18.4 Å². The summed E-state index contributed by atoms with van der Waals surface area (Å²) < 4.78 is 30.2. The smallest absolute Gasteiger partial charge is 0.157 e. The summed E-state index contributed by atoms with van der Waals surface area (Å²) in [5.41, 5.74) is 3.78. The molecule has 0 radical (unpaired) electrons. The molecule has 2 aliphatic rings. The molecule has 2 aromatic heterocycles. The Morgan fingerprint density at radius 3 is 2.86 bits per heavy atom. The number of H-pyrrole nitrogens is 1. The highest BCUT2D eigenvalue weighted by atomic mass is 32.2. The topological polar surface area (TPSA) is 112 Å². The van der Waals surface area contributed by atoms with Crippen LogP contribution in [0.2, 0.25) is 0 Å². The fraction of sp³-hybridized carbons (Fsp3) is 0.450. The van der Waals surface area contributed by atoms with Gasteiger partial charge in [-0.3, -0.25) is 0 Å². The normalized spacial score (nSPS) is 16.8. The Kier molecular flexibility index (Phi) is 5.65. The van der Waals surface area contributed by atoms with Crippen molar-refractivity contribution in [1.29, 1.82) is 5.26 Å². The standard InChI is InChI=1S/C20H23N5O3S/c21-5-1-11-29(26,27)14-17-13-19(25-7-9-28-10-8-25)24-20(23-17)16-2-3-18-15(12-16)4-6-22-18/h4,6,12-13,22H,1-3,7-11,14H2. The number of aryl methyl sites for hydroxylation is 1. The number of fused-ring (bicyclic) bond motifs is 1. The first-order valence-electron chi connectivity index (χ1n) is 9.69. The van der Waals surface area contributed by atoms with Gasteiger partial charge in [-0.1, -0.05) is 0 Å². The van der Waals surface area contributed by atoms with Gasteiger partial charge in [0.15, 0.2) is 15.7 Å². The van der Waals surface area contributed by atoms with Gasteiger partial charge in [0.05, 0.1) is 36.5 Å². The van der Waals surface area contributed by atoms with Crippen LogP contribution in [0, 0.1) is 11.3 Å². The van der Waals surface area contributed by atoms with Crippen molar-refractivity contribution in [3.63, 3.8) is 0 Å². The Bertz CT molecular complexity index is 1060. The van der Waals surface area contributed by atoms with Gasteiger partial charge in [-0.2, -0.15) is 5.26 Å². The molecule has 0 bridgehead atoms. The highest BCUT2D eigenvalue weighted by molar-refractivity contribution is 7.90. The van der Waals surface area contributed by atoms with Crippen LogP contribution in [0.4, 0.5) is 5.82 Å². The van der Waals surface area contributed by atoms with E-state index < -0.39 is 9.84 Å². The van der Waals surface area contributed by atoms with Crippen LogP contribution in [0.25, 0.3) is 11.6 Å². The molecule has 2 aromatic rings. The van der Waals surface area contributed by atoms with Crippen molar-refractivity contribution in [2.24, 2.45) is 0 Å². The molecule has 8 nitrogen and oxygen atoms in total. The van der Waals surface area contributed by atoms with Gasteiger partial charge >= 0.3 is 0 Å². The molecule has 0 saturated carbocycles. The minimum Gasteiger partial charge on any atom is -0.378 e. The number of aromatic nitrogens is 3. The summed E-state index contributed by atoms with van der Waals surface area (Å²) in [6.07, 6.45) is 5.64. The molecule has 0 amide bonds. The van der Waals surface area contributed by atoms with Gasteiger partial charge in [-0.05, 0) is 36.1 Å². The Balaban J connectivity index is 1.70. The summed E-state index contributed by atoms with van der Waals surface area (Å²) in [5, 5.41) is 8.72. The lowest BCUT2D eigenvalue weighted by Gasteiger charge is -2.28. The van der Waals surface area contributed by atoms with Crippen LogP contribution in [-0.2, 0) is 26.7 Å². The van der Waals surface area contributed by atoms with E-state index in [4.69, 9.17) is 15.0 Å². The van der Waals surface area contributed by atoms with E-state index in [0.717, 1.165) is 29.8 Å². The molecule has 1 fully saturated rings. The summed E-state index contributed by atoms with van der Waals surface area (Å²) in [7, 11) is -3.41. The molecule has 1 aliphatic heterocycles. The molecular formula is C20H23N5O3S. The van der Waals surface area contributed by atoms with Crippen LogP contribution < -0.4 is 4.90 Å². The molecule has 4 rings (SSSR count). The van der Waals surface area contributed by atoms with Crippen LogP contribution in [0.5, 0.6) is 0 Å². The van der Waals surface area contributed by atoms with Crippen molar-refractivity contribution >= 4 is 27.3 Å². The number of hydrogen-bond acceptors (Lipinski definition) is 7. The number of anilines is 1. The zero-order chi connectivity index (χ0) is 20.3. The van der Waals surface area contributed by atoms with Crippen LogP contribution in [0.15, 0.2) is 18.3 Å². The molecule has 29 heavy (non-hydrogen) atoms. The summed E-state index contributed by atoms with van der Waals surface area (Å²) in [6, 6.07) is 5.67. The average Bonchev–Trinajstić information content (AvgIpc) is 3.20. The lowest BCUT2D eigenvalue weighted by Crippen LogP contribution is -2.37. The molecule has 1 N–H and O–H groups in total. The second-order valence-corrected chi connectivity index (χ2v) is 9.41. The maximum atomic E-state index is 12.4. The van der Waals surface area contributed by atoms with Crippen molar-refractivity contribution in [1.82, 2.24) is 15.0 Å². The number of nitrogens with one attached hydrogen (secondary N) is 1. The lowest BCUT2D eigenvalue weighted by molar-refractivity contribution is 0.122. The number of morpholine rings is 1. The van der Waals surface area contributed by atoms with E-state index in [-0.39, 0.29) is 17.9 Å². The van der Waals surface area contributed by atoms with E-state index in [9.17, 15) is 8.42 Å². The van der Waals surface area contributed by atoms with Gasteiger partial charge in [-0.15, -0.1) is 0 Å². The molecular weight excluding hydrogens is 390 g/mol. The SMILES string of the molecule is N#CCCS(=O)(=O)Cc1cc(N2CCOCC2)nc(C2=Cc3cc[nH]c3CC2)n1. The fourth-order valence-corrected chi connectivity index (χ4v) is 4.76. The minimum atomic E-state index is -3.41. The molecule has 3 heterocycles. The first-order chi connectivity index (χ1) is 14.0. The summed E-state index contributed by atoms with van der Waals surface area (Å²) >= 11 is 0. The number of hydrogen-bond donors (Lipinski definition) is 1. The van der Waals surface area contributed by atoms with Crippen molar-refractivity contribution in [3.05, 3.63) is 41.1 Å². The van der Waals surface area contributed by atoms with Crippen LogP contribution in [-0.4, -0.2) is 55.4 Å². The first kappa shape index (κ1) is 19.6. The van der Waals surface area contributed by atoms with E-state index in [1.54, 1.807) is 6.07 Å². The lowest BCUT2D eigenvalue weighted by atomic mass is 9.97. The Labute approximate surface area is 170 Å². The van der Waals surface area contributed by atoms with Crippen molar-refractivity contribution < 1.29 is 13.2 Å². The van der Waals surface area contributed by atoms with Crippen molar-refractivity contribution in [2.75, 3.05) is 37.0 Å². The Morgan fingerprint density at radius 2 is 2.07 bits per heavy atom. The fourth-order valence-electron chi connectivity index (χ4n) is 3.62. The number of rotatable bonds is 6. The van der Waals surface area contributed by atoms with Gasteiger partial charge in [0.2, 0.25) is 0 Å². The molecule has 152 valence electrons. The number of ether oxygens (including phenoxy) is 1. The van der Waals surface area contributed by atoms with Gasteiger partial charge < -0.3 is 14.6 Å². The van der Waals surface area contributed by atoms with Crippen LogP contribution >= 0.6 is 0 Å². The van der Waals surface area contributed by atoms with E-state index in [0.29, 0.717) is 37.8 Å². The zero-order valence-electron chi connectivity index (χ0n) is 16.1. The summed E-state index contributed by atoms with van der Waals surface area (Å²) in [6.45, 7) is 2.64. The maximum Gasteiger partial charge on any atom is 0.157 e. The van der Waals surface area contributed by atoms with Gasteiger partial charge in [0, 0.05) is 37.5 Å². The predicted molar refractivity (Wildman–Crippen MR) is 110 cm³/mol. The summed E-state index contributed by atoms with van der Waals surface area (Å²) in [5.74, 6) is 0.950. The Hall–Kier alpha value is -2.70. The maximum absolute atomic E-state index is 12.4. The highest BCUT2D eigenvalue weighted by Gasteiger charge is 2.21. The first-order valence-corrected chi connectivity index (χ1v) is 11.5. The van der Waals surface area contributed by atoms with Crippen LogP contribution in [0.3, 0.4) is 0 Å². The number of sulfone groups is 1. The molecule has 9 heteroatoms. The third kappa shape index (κ3) is 4.66. The van der Waals surface area contributed by atoms with Crippen LogP contribution in [0.1, 0.15) is 35.6 Å². The van der Waals surface area contributed by atoms with E-state index >= 15 is 0 Å². The highest BCUT2D eigenvalue weighted by Crippen LogP contribution is 2.29. The molecule has 1 saturated heterocycles. The molecule has 1 aliphatic carbocycles. The van der Waals surface area contributed by atoms with E-state index in [1.165, 1.54) is 5.69 Å². The van der Waals surface area contributed by atoms with Gasteiger partial charge in [0.25, 0.3) is 0 Å². The van der Waals surface area contributed by atoms with Crippen molar-refractivity contribution in [2.45, 2.75) is 25.0 Å². The van der Waals surface area contributed by atoms with Gasteiger partial charge in [0.1, 0.15) is 5.82 Å². The molecule has 0 unspecified atom stereocenters. The minimum absolute atomic E-state index is 0.0159. The molecule has 0 spiro atoms. The average molecular weight is 414 g/mol. The van der Waals surface area contributed by atoms with E-state index in [1.807, 2.05) is 18.3 Å². The molecule has 0 aromatic carbocycles. The third-order valence-electron chi connectivity index (χ3n) is 5.12. The number of nitrogens with zero attached hydrogens (tertiary/aromatic N) is 4. The second-order valence-electron chi connectivity index (χ2n) is 7.22. The van der Waals surface area contributed by atoms with E-state index in [2.05, 4.69) is 20.9 Å². The summed E-state index contributed by atoms with van der Waals surface area (Å²) in [4.78, 5) is 14.7.